The molecular weight excluding hydrogens is 773 g/mol. The van der Waals surface area contributed by atoms with Gasteiger partial charge in [-0.3, -0.25) is 38.8 Å². The van der Waals surface area contributed by atoms with Gasteiger partial charge in [0.05, 0.1) is 39.5 Å². The lowest BCUT2D eigenvalue weighted by atomic mass is 10.0. The van der Waals surface area contributed by atoms with Crippen LogP contribution in [0.2, 0.25) is 0 Å². The lowest BCUT2D eigenvalue weighted by molar-refractivity contribution is -0.163. The monoisotopic (exact) mass is 851 g/mol. The summed E-state index contributed by atoms with van der Waals surface area (Å²) in [6.45, 7) is 29.9. The van der Waals surface area contributed by atoms with Crippen molar-refractivity contribution in [2.75, 3.05) is 105 Å². The molecule has 1 fully saturated rings. The summed E-state index contributed by atoms with van der Waals surface area (Å²) in [4.78, 5) is 61.8. The van der Waals surface area contributed by atoms with E-state index in [1.807, 2.05) is 129 Å². The second kappa shape index (κ2) is 24.9. The normalized spacial score (nSPS) is 16.9. The highest BCUT2D eigenvalue weighted by Crippen LogP contribution is 2.20. The molecule has 1 heterocycles. The van der Waals surface area contributed by atoms with E-state index in [0.717, 1.165) is 5.56 Å². The summed E-state index contributed by atoms with van der Waals surface area (Å²) in [6.07, 6.45) is 0.345. The average molecular weight is 851 g/mol. The lowest BCUT2D eigenvalue weighted by Crippen LogP contribution is -2.53. The molecule has 2 rings (SSSR count). The summed E-state index contributed by atoms with van der Waals surface area (Å²) in [7, 11) is 0. The van der Waals surface area contributed by atoms with Gasteiger partial charge >= 0.3 is 23.9 Å². The number of esters is 4. The highest BCUT2D eigenvalue weighted by molar-refractivity contribution is 5.77. The first kappa shape index (κ1) is 52.8. The molecule has 1 unspecified atom stereocenters. The second-order valence-electron chi connectivity index (χ2n) is 19.2. The average Bonchev–Trinajstić information content (AvgIpc) is 3.07. The molecule has 15 heteroatoms. The number of hydrogen-bond donors (Lipinski definition) is 0. The van der Waals surface area contributed by atoms with E-state index in [-0.39, 0.29) is 43.5 Å². The predicted octanol–water partition coefficient (Wildman–Crippen LogP) is 4.62. The molecule has 0 aliphatic carbocycles. The molecule has 1 aromatic carbocycles. The van der Waals surface area contributed by atoms with Gasteiger partial charge in [0, 0.05) is 59.0 Å². The van der Waals surface area contributed by atoms with Crippen molar-refractivity contribution in [1.82, 2.24) is 19.6 Å². The molecule has 60 heavy (non-hydrogen) atoms. The van der Waals surface area contributed by atoms with Crippen LogP contribution in [-0.4, -0.2) is 177 Å². The van der Waals surface area contributed by atoms with E-state index < -0.39 is 28.4 Å². The van der Waals surface area contributed by atoms with Gasteiger partial charge in [-0.05, 0) is 114 Å². The van der Waals surface area contributed by atoms with E-state index in [2.05, 4.69) is 4.90 Å². The molecule has 0 spiro atoms. The van der Waals surface area contributed by atoms with Crippen molar-refractivity contribution in [3.8, 4) is 5.75 Å². The summed E-state index contributed by atoms with van der Waals surface area (Å²) in [5.74, 6) is -0.790. The number of carbonyl (C=O) groups is 4. The maximum absolute atomic E-state index is 14.2. The topological polar surface area (TPSA) is 146 Å². The van der Waals surface area contributed by atoms with Crippen LogP contribution in [0, 0.1) is 0 Å². The summed E-state index contributed by atoms with van der Waals surface area (Å²) < 4.78 is 39.9. The van der Waals surface area contributed by atoms with Gasteiger partial charge in [0.15, 0.2) is 0 Å². The standard InChI is InChI=1S/C45H78N4O11/c1-14-54-27-28-55-29-30-56-36-17-15-35(16-18-36)31-37(41(53)60-45(11,12)13)49-25-23-47(33-39(51)58-43(5,6)7)21-19-46(32-38(50)57-42(2,3)4)20-22-48(24-26-49)34-40(52)59-44(8,9)10/h15-18,37H,14,19-34H2,1-13H3. The Morgan fingerprint density at radius 1 is 0.517 bits per heavy atom. The van der Waals surface area contributed by atoms with E-state index in [1.165, 1.54) is 0 Å². The van der Waals surface area contributed by atoms with Crippen LogP contribution >= 0.6 is 0 Å². The van der Waals surface area contributed by atoms with E-state index in [0.29, 0.717) is 97.6 Å². The van der Waals surface area contributed by atoms with Crippen LogP contribution in [0.25, 0.3) is 0 Å². The molecular formula is C45H78N4O11. The Bertz CT molecular complexity index is 1400. The van der Waals surface area contributed by atoms with Crippen molar-refractivity contribution in [2.45, 2.75) is 125 Å². The van der Waals surface area contributed by atoms with Crippen molar-refractivity contribution < 1.29 is 52.3 Å². The molecule has 1 aliphatic rings. The fourth-order valence-electron chi connectivity index (χ4n) is 6.27. The van der Waals surface area contributed by atoms with Gasteiger partial charge in [0.25, 0.3) is 0 Å². The first-order chi connectivity index (χ1) is 27.8. The number of ether oxygens (including phenoxy) is 7. The number of rotatable bonds is 18. The Kier molecular flexibility index (Phi) is 21.9. The fourth-order valence-corrected chi connectivity index (χ4v) is 6.27. The van der Waals surface area contributed by atoms with Gasteiger partial charge in [0.2, 0.25) is 0 Å². The van der Waals surface area contributed by atoms with Gasteiger partial charge in [0.1, 0.15) is 40.8 Å². The lowest BCUT2D eigenvalue weighted by Gasteiger charge is -2.37. The summed E-state index contributed by atoms with van der Waals surface area (Å²) in [5.41, 5.74) is -1.83. The highest BCUT2D eigenvalue weighted by Gasteiger charge is 2.33. The van der Waals surface area contributed by atoms with Crippen molar-refractivity contribution in [3.63, 3.8) is 0 Å². The predicted molar refractivity (Wildman–Crippen MR) is 231 cm³/mol. The Labute approximate surface area is 360 Å². The first-order valence-corrected chi connectivity index (χ1v) is 21.5. The quantitative estimate of drug-likeness (QED) is 0.115. The summed E-state index contributed by atoms with van der Waals surface area (Å²) >= 11 is 0. The summed E-state index contributed by atoms with van der Waals surface area (Å²) in [6, 6.07) is 6.95. The smallest absolute Gasteiger partial charge is 0.324 e. The molecule has 0 aromatic heterocycles. The van der Waals surface area contributed by atoms with Gasteiger partial charge in [-0.1, -0.05) is 12.1 Å². The van der Waals surface area contributed by atoms with Crippen LogP contribution in [0.4, 0.5) is 0 Å². The minimum absolute atomic E-state index is 0.0201. The van der Waals surface area contributed by atoms with Crippen molar-refractivity contribution >= 4 is 23.9 Å². The zero-order chi connectivity index (χ0) is 45.1. The molecule has 0 saturated carbocycles. The molecule has 1 aromatic rings. The maximum atomic E-state index is 14.2. The van der Waals surface area contributed by atoms with Gasteiger partial charge in [-0.15, -0.1) is 0 Å². The maximum Gasteiger partial charge on any atom is 0.324 e. The minimum atomic E-state index is -0.743. The SMILES string of the molecule is CCOCCOCCOc1ccc(CC(C(=O)OC(C)(C)C)N2CCN(CC(=O)OC(C)(C)C)CCN(CC(=O)OC(C)(C)C)CCN(CC(=O)OC(C)(C)C)CC2)cc1. The molecule has 15 nitrogen and oxygen atoms in total. The van der Waals surface area contributed by atoms with E-state index >= 15 is 0 Å². The zero-order valence-corrected chi connectivity index (χ0v) is 39.2. The van der Waals surface area contributed by atoms with E-state index in [4.69, 9.17) is 33.2 Å². The van der Waals surface area contributed by atoms with Crippen LogP contribution in [0.3, 0.4) is 0 Å². The van der Waals surface area contributed by atoms with Crippen LogP contribution in [-0.2, 0) is 54.0 Å². The molecule has 1 saturated heterocycles. The van der Waals surface area contributed by atoms with E-state index in [9.17, 15) is 19.2 Å². The number of hydrogen-bond acceptors (Lipinski definition) is 15. The first-order valence-electron chi connectivity index (χ1n) is 21.5. The van der Waals surface area contributed by atoms with Crippen LogP contribution < -0.4 is 4.74 Å². The van der Waals surface area contributed by atoms with E-state index in [1.54, 1.807) is 0 Å². The summed E-state index contributed by atoms with van der Waals surface area (Å²) in [5, 5.41) is 0. The van der Waals surface area contributed by atoms with Gasteiger partial charge in [-0.25, -0.2) is 0 Å². The highest BCUT2D eigenvalue weighted by atomic mass is 16.6. The zero-order valence-electron chi connectivity index (χ0n) is 39.2. The number of nitrogens with zero attached hydrogens (tertiary/aromatic N) is 4. The Morgan fingerprint density at radius 3 is 1.27 bits per heavy atom. The molecule has 0 N–H and O–H groups in total. The fraction of sp³-hybridized carbons (Fsp3) is 0.778. The molecule has 1 atom stereocenters. The molecule has 1 aliphatic heterocycles. The molecule has 344 valence electrons. The third-order valence-corrected chi connectivity index (χ3v) is 8.73. The largest absolute Gasteiger partial charge is 0.491 e. The molecule has 0 radical (unpaired) electrons. The Balaban J connectivity index is 2.47. The van der Waals surface area contributed by atoms with Crippen LogP contribution in [0.5, 0.6) is 5.75 Å². The Morgan fingerprint density at radius 2 is 0.883 bits per heavy atom. The van der Waals surface area contributed by atoms with Crippen LogP contribution in [0.15, 0.2) is 24.3 Å². The third kappa shape index (κ3) is 24.8. The number of benzene rings is 1. The molecule has 0 bridgehead atoms. The molecule has 0 amide bonds. The van der Waals surface area contributed by atoms with Crippen molar-refractivity contribution in [1.29, 1.82) is 0 Å². The van der Waals surface area contributed by atoms with Gasteiger partial charge in [-0.2, -0.15) is 0 Å². The van der Waals surface area contributed by atoms with Crippen molar-refractivity contribution in [3.05, 3.63) is 29.8 Å². The minimum Gasteiger partial charge on any atom is -0.491 e. The third-order valence-electron chi connectivity index (χ3n) is 8.73. The second-order valence-corrected chi connectivity index (χ2v) is 19.2. The van der Waals surface area contributed by atoms with Gasteiger partial charge < -0.3 is 33.2 Å². The van der Waals surface area contributed by atoms with Crippen molar-refractivity contribution in [2.24, 2.45) is 0 Å². The Hall–Kier alpha value is -3.34. The van der Waals surface area contributed by atoms with Crippen LogP contribution in [0.1, 0.15) is 95.6 Å². The number of carbonyl (C=O) groups excluding carboxylic acids is 4.